The summed E-state index contributed by atoms with van der Waals surface area (Å²) in [5.74, 6) is 0. The Morgan fingerprint density at radius 1 is 1.80 bits per heavy atom. The summed E-state index contributed by atoms with van der Waals surface area (Å²) in [4.78, 5) is 0. The fourth-order valence-corrected chi connectivity index (χ4v) is 0. The first-order valence-corrected chi connectivity index (χ1v) is 1.15. The van der Waals surface area contributed by atoms with E-state index < -0.39 is 0 Å². The van der Waals surface area contributed by atoms with Crippen molar-refractivity contribution in [2.45, 2.75) is 0 Å². The molecule has 0 bridgehead atoms. The predicted molar refractivity (Wildman–Crippen MR) is 21.1 cm³/mol. The van der Waals surface area contributed by atoms with Gasteiger partial charge >= 0.3 is 0 Å². The minimum atomic E-state index is -0.250. The van der Waals surface area contributed by atoms with Crippen molar-refractivity contribution in [3.8, 4) is 0 Å². The van der Waals surface area contributed by atoms with Gasteiger partial charge in [0.25, 0.3) is 0 Å². The molecule has 0 saturated heterocycles. The van der Waals surface area contributed by atoms with E-state index in [-0.39, 0.29) is 21.6 Å². The second-order valence-electron chi connectivity index (χ2n) is 0.364. The molecule has 3 N–H and O–H groups in total. The summed E-state index contributed by atoms with van der Waals surface area (Å²) in [6.07, 6.45) is 0. The van der Waals surface area contributed by atoms with Gasteiger partial charge in [-0.15, -0.1) is 0 Å². The Morgan fingerprint density at radius 2 is 1.80 bits per heavy atom. The maximum absolute atomic E-state index is 6.09. The van der Waals surface area contributed by atoms with Crippen LogP contribution in [0.3, 0.4) is 0 Å². The standard InChI is InChI=1S/CH4N2S.Ni/c2-1(3)4;/h(H4,2,3,4);/p-1. The molecular formula is CH3N2NiS-. The summed E-state index contributed by atoms with van der Waals surface area (Å²) in [5, 5.41) is -0.250. The third kappa shape index (κ3) is 592. The Balaban J connectivity index is 0. The van der Waals surface area contributed by atoms with Crippen LogP contribution in [0.4, 0.5) is 0 Å². The van der Waals surface area contributed by atoms with Crippen LogP contribution in [0.15, 0.2) is 0 Å². The third-order valence-electron chi connectivity index (χ3n) is 0. The maximum atomic E-state index is 6.09. The van der Waals surface area contributed by atoms with Gasteiger partial charge in [0.05, 0.1) is 0 Å². The van der Waals surface area contributed by atoms with Gasteiger partial charge in [0.15, 0.2) is 0 Å². The number of hydrogen-bond acceptors (Lipinski definition) is 1. The Labute approximate surface area is 45.8 Å². The number of nitrogens with one attached hydrogen (secondary N) is 1. The van der Waals surface area contributed by atoms with Gasteiger partial charge in [-0.25, -0.2) is 0 Å². The second-order valence-corrected chi connectivity index (χ2v) is 0.804. The molecule has 0 aliphatic rings. The van der Waals surface area contributed by atoms with E-state index in [0.717, 1.165) is 0 Å². The summed E-state index contributed by atoms with van der Waals surface area (Å²) in [5.41, 5.74) is 10.6. The monoisotopic (exact) mass is 133 g/mol. The van der Waals surface area contributed by atoms with E-state index in [1.807, 2.05) is 0 Å². The second kappa shape index (κ2) is 4.18. The molecule has 0 spiro atoms. The van der Waals surface area contributed by atoms with Crippen molar-refractivity contribution in [3.05, 3.63) is 5.73 Å². The molecule has 0 aliphatic heterocycles. The zero-order valence-electron chi connectivity index (χ0n) is 2.30. The van der Waals surface area contributed by atoms with Crippen LogP contribution < -0.4 is 5.73 Å². The van der Waals surface area contributed by atoms with E-state index in [2.05, 4.69) is 18.0 Å². The Morgan fingerprint density at radius 3 is 1.80 bits per heavy atom. The molecule has 0 aromatic heterocycles. The molecule has 0 rings (SSSR count). The number of hydrogen-bond donors (Lipinski definition) is 1. The molecule has 0 unspecified atom stereocenters. The topological polar surface area (TPSA) is 49.8 Å². The van der Waals surface area contributed by atoms with Crippen molar-refractivity contribution >= 4 is 17.3 Å². The number of thiocarbonyl (C=S) groups is 1. The first kappa shape index (κ1) is 8.95. The van der Waals surface area contributed by atoms with Crippen LogP contribution >= 0.6 is 12.2 Å². The van der Waals surface area contributed by atoms with Crippen LogP contribution in [-0.2, 0) is 16.5 Å². The average Bonchev–Trinajstić information content (AvgIpc) is 0.811. The van der Waals surface area contributed by atoms with E-state index in [9.17, 15) is 0 Å². The molecule has 2 nitrogen and oxygen atoms in total. The molecule has 0 saturated carbocycles. The van der Waals surface area contributed by atoms with Crippen LogP contribution in [-0.4, -0.2) is 5.11 Å². The van der Waals surface area contributed by atoms with E-state index in [4.69, 9.17) is 5.73 Å². The molecule has 0 aromatic carbocycles. The minimum absolute atomic E-state index is 0. The van der Waals surface area contributed by atoms with E-state index >= 15 is 0 Å². The number of rotatable bonds is 0. The minimum Gasteiger partial charge on any atom is -0.486 e. The molecule has 5 heavy (non-hydrogen) atoms. The molecule has 0 aliphatic carbocycles. The molecule has 0 atom stereocenters. The Kier molecular flexibility index (Phi) is 7.49. The van der Waals surface area contributed by atoms with Crippen LogP contribution in [0.5, 0.6) is 0 Å². The van der Waals surface area contributed by atoms with Gasteiger partial charge < -0.3 is 11.5 Å². The van der Waals surface area contributed by atoms with Crippen molar-refractivity contribution < 1.29 is 16.5 Å². The molecule has 34 valence electrons. The Bertz CT molecular complexity index is 32.6. The molecule has 4 heteroatoms. The summed E-state index contributed by atoms with van der Waals surface area (Å²) < 4.78 is 0. The maximum Gasteiger partial charge on any atom is 0 e. The zero-order valence-corrected chi connectivity index (χ0v) is 4.11. The fraction of sp³-hybridized carbons (Fsp3) is 0. The van der Waals surface area contributed by atoms with E-state index in [1.165, 1.54) is 0 Å². The first-order chi connectivity index (χ1) is 1.73. The van der Waals surface area contributed by atoms with Crippen LogP contribution in [0.2, 0.25) is 0 Å². The summed E-state index contributed by atoms with van der Waals surface area (Å²) >= 11 is 3.98. The molecule has 0 aromatic rings. The van der Waals surface area contributed by atoms with Crippen LogP contribution in [0.25, 0.3) is 5.73 Å². The quantitative estimate of drug-likeness (QED) is 0.382. The van der Waals surface area contributed by atoms with Gasteiger partial charge in [-0.2, -0.15) is 0 Å². The van der Waals surface area contributed by atoms with Crippen LogP contribution in [0.1, 0.15) is 0 Å². The predicted octanol–water partition coefficient (Wildman–Crippen LogP) is 0.280. The van der Waals surface area contributed by atoms with Gasteiger partial charge in [-0.05, 0) is 5.11 Å². The van der Waals surface area contributed by atoms with Crippen molar-refractivity contribution in [1.29, 1.82) is 0 Å². The van der Waals surface area contributed by atoms with E-state index in [1.54, 1.807) is 0 Å². The van der Waals surface area contributed by atoms with E-state index in [0.29, 0.717) is 0 Å². The van der Waals surface area contributed by atoms with Gasteiger partial charge in [0.2, 0.25) is 0 Å². The SMILES string of the molecule is [NH-]C(N)=S.[Ni]. The van der Waals surface area contributed by atoms with Gasteiger partial charge in [0.1, 0.15) is 0 Å². The molecule has 0 fully saturated rings. The van der Waals surface area contributed by atoms with Crippen molar-refractivity contribution in [2.24, 2.45) is 5.73 Å². The summed E-state index contributed by atoms with van der Waals surface area (Å²) in [6, 6.07) is 0. The fourth-order valence-electron chi connectivity index (χ4n) is 0. The normalized spacial score (nSPS) is 4.80. The van der Waals surface area contributed by atoms with Gasteiger partial charge in [-0.3, -0.25) is 0 Å². The first-order valence-electron chi connectivity index (χ1n) is 0.743. The van der Waals surface area contributed by atoms with Gasteiger partial charge in [-0.1, -0.05) is 12.2 Å². The molecule has 0 amide bonds. The van der Waals surface area contributed by atoms with Gasteiger partial charge in [0, 0.05) is 16.5 Å². The van der Waals surface area contributed by atoms with Crippen molar-refractivity contribution in [1.82, 2.24) is 0 Å². The molecule has 0 heterocycles. The smallest absolute Gasteiger partial charge is 0 e. The summed E-state index contributed by atoms with van der Waals surface area (Å²) in [6.45, 7) is 0. The van der Waals surface area contributed by atoms with Crippen molar-refractivity contribution in [2.75, 3.05) is 0 Å². The Hall–Kier alpha value is 0.184. The zero-order chi connectivity index (χ0) is 3.58. The van der Waals surface area contributed by atoms with Crippen LogP contribution in [0, 0.1) is 0 Å². The van der Waals surface area contributed by atoms with Crippen molar-refractivity contribution in [3.63, 3.8) is 0 Å². The molecular weight excluding hydrogens is 131 g/mol. The average molecular weight is 134 g/mol. The third-order valence-corrected chi connectivity index (χ3v) is 0. The largest absolute Gasteiger partial charge is 0.486 e. The summed E-state index contributed by atoms with van der Waals surface area (Å²) in [7, 11) is 0. The number of nitrogens with two attached hydrogens (primary N) is 1. The molecule has 0 radical (unpaired) electrons.